The number of alkyl halides is 4. The maximum Gasteiger partial charge on any atom is 0.388 e. The molecule has 6 rings (SSSR count). The van der Waals surface area contributed by atoms with E-state index in [2.05, 4.69) is 41.5 Å². The van der Waals surface area contributed by atoms with Gasteiger partial charge in [0.15, 0.2) is 0 Å². The molecule has 8 heteroatoms. The molecule has 0 radical (unpaired) electrons. The first-order valence-corrected chi connectivity index (χ1v) is 13.2. The van der Waals surface area contributed by atoms with Gasteiger partial charge in [-0.05, 0) is 89.3 Å². The molecule has 0 amide bonds. The predicted octanol–water partition coefficient (Wildman–Crippen LogP) is 10.6. The minimum atomic E-state index is -4.09. The number of ether oxygens (including phenoxy) is 1. The molecular weight excluding hydrogens is 626 g/mol. The van der Waals surface area contributed by atoms with Gasteiger partial charge in [0.25, 0.3) is 0 Å². The van der Waals surface area contributed by atoms with Crippen LogP contribution in [-0.4, -0.2) is 0 Å². The fraction of sp³-hybridized carbons (Fsp3) is 0.0667. The van der Waals surface area contributed by atoms with Crippen molar-refractivity contribution in [2.24, 2.45) is 0 Å². The third-order valence-corrected chi connectivity index (χ3v) is 7.54. The van der Waals surface area contributed by atoms with Crippen molar-refractivity contribution >= 4 is 59.7 Å². The van der Waals surface area contributed by atoms with E-state index < -0.39 is 23.3 Å². The van der Waals surface area contributed by atoms with Gasteiger partial charge >= 0.3 is 12.2 Å². The van der Waals surface area contributed by atoms with Crippen molar-refractivity contribution in [1.29, 1.82) is 0 Å². The first-order chi connectivity index (χ1) is 18.1. The first-order valence-electron chi connectivity index (χ1n) is 11.6. The zero-order valence-electron chi connectivity index (χ0n) is 19.4. The number of rotatable bonds is 4. The molecule has 0 unspecified atom stereocenters. The summed E-state index contributed by atoms with van der Waals surface area (Å²) in [5.74, 6) is 0. The average Bonchev–Trinajstić information content (AvgIpc) is 3.09. The largest absolute Gasteiger partial charge is 0.388 e. The lowest BCUT2D eigenvalue weighted by molar-refractivity contribution is -0.369. The van der Waals surface area contributed by atoms with Gasteiger partial charge in [-0.2, -0.15) is 17.6 Å². The minimum absolute atomic E-state index is 0.378. The van der Waals surface area contributed by atoms with E-state index in [1.165, 1.54) is 6.07 Å². The van der Waals surface area contributed by atoms with Crippen molar-refractivity contribution in [3.8, 4) is 11.1 Å². The van der Waals surface area contributed by atoms with Crippen molar-refractivity contribution in [1.82, 2.24) is 0 Å². The molecule has 0 bridgehead atoms. The highest BCUT2D eigenvalue weighted by molar-refractivity contribution is 9.10. The third kappa shape index (κ3) is 4.40. The molecule has 0 fully saturated rings. The Morgan fingerprint density at radius 2 is 1.16 bits per heavy atom. The van der Waals surface area contributed by atoms with Gasteiger partial charge in [-0.3, -0.25) is 0 Å². The van der Waals surface area contributed by atoms with Crippen LogP contribution in [0.3, 0.4) is 0 Å². The molecule has 0 aromatic heterocycles. The lowest BCUT2D eigenvalue weighted by Crippen LogP contribution is -2.17. The summed E-state index contributed by atoms with van der Waals surface area (Å²) in [5.41, 5.74) is 1.90. The molecule has 2 nitrogen and oxygen atoms in total. The minimum Gasteiger partial charge on any atom is -0.310 e. The van der Waals surface area contributed by atoms with Gasteiger partial charge in [-0.25, -0.2) is 4.74 Å². The summed E-state index contributed by atoms with van der Waals surface area (Å²) in [6.45, 7) is 0. The van der Waals surface area contributed by atoms with Crippen LogP contribution >= 0.6 is 31.9 Å². The summed E-state index contributed by atoms with van der Waals surface area (Å²) >= 11 is 6.98. The Balaban J connectivity index is 1.59. The SMILES string of the molecule is FC1(F)OC(F)(F)c2cc(-c3cc(N(c4ccc(Br)cc4)c4ccc(Br)cc4)c4ccccc4c3)ccc21. The highest BCUT2D eigenvalue weighted by Crippen LogP contribution is 2.52. The van der Waals surface area contributed by atoms with Crippen LogP contribution in [0.2, 0.25) is 0 Å². The Bertz CT molecular complexity index is 1630. The van der Waals surface area contributed by atoms with Crippen molar-refractivity contribution in [2.75, 3.05) is 4.90 Å². The monoisotopic (exact) mass is 641 g/mol. The Morgan fingerprint density at radius 1 is 0.579 bits per heavy atom. The molecule has 0 aliphatic carbocycles. The van der Waals surface area contributed by atoms with E-state index in [9.17, 15) is 17.6 Å². The van der Waals surface area contributed by atoms with E-state index in [1.807, 2.05) is 84.9 Å². The quantitative estimate of drug-likeness (QED) is 0.181. The molecular formula is C30H17Br2F4NO. The maximum atomic E-state index is 14.4. The van der Waals surface area contributed by atoms with E-state index in [4.69, 9.17) is 0 Å². The maximum absolute atomic E-state index is 14.4. The van der Waals surface area contributed by atoms with Crippen LogP contribution < -0.4 is 4.90 Å². The highest BCUT2D eigenvalue weighted by atomic mass is 79.9. The number of halogens is 6. The van der Waals surface area contributed by atoms with E-state index in [0.717, 1.165) is 48.9 Å². The molecule has 38 heavy (non-hydrogen) atoms. The summed E-state index contributed by atoms with van der Waals surface area (Å²) in [4.78, 5) is 2.07. The fourth-order valence-electron chi connectivity index (χ4n) is 4.74. The molecule has 0 N–H and O–H groups in total. The lowest BCUT2D eigenvalue weighted by atomic mass is 9.95. The molecule has 0 saturated heterocycles. The molecule has 5 aromatic carbocycles. The first kappa shape index (κ1) is 25.1. The van der Waals surface area contributed by atoms with Crippen LogP contribution in [0.4, 0.5) is 34.6 Å². The van der Waals surface area contributed by atoms with Crippen molar-refractivity contribution in [2.45, 2.75) is 12.2 Å². The summed E-state index contributed by atoms with van der Waals surface area (Å²) in [5, 5.41) is 1.80. The highest BCUT2D eigenvalue weighted by Gasteiger charge is 2.57. The zero-order chi connectivity index (χ0) is 26.7. The van der Waals surface area contributed by atoms with Crippen LogP contribution in [0.15, 0.2) is 112 Å². The topological polar surface area (TPSA) is 12.5 Å². The summed E-state index contributed by atoms with van der Waals surface area (Å²) in [6, 6.07) is 30.7. The summed E-state index contributed by atoms with van der Waals surface area (Å²) in [7, 11) is 0. The van der Waals surface area contributed by atoms with Gasteiger partial charge in [0.1, 0.15) is 0 Å². The van der Waals surface area contributed by atoms with Gasteiger partial charge in [-0.15, -0.1) is 0 Å². The van der Waals surface area contributed by atoms with Crippen LogP contribution in [0.5, 0.6) is 0 Å². The van der Waals surface area contributed by atoms with Crippen LogP contribution in [0.1, 0.15) is 11.1 Å². The van der Waals surface area contributed by atoms with E-state index >= 15 is 0 Å². The van der Waals surface area contributed by atoms with Crippen LogP contribution in [0.25, 0.3) is 21.9 Å². The second-order valence-electron chi connectivity index (χ2n) is 8.90. The molecule has 0 atom stereocenters. The Morgan fingerprint density at radius 3 is 1.79 bits per heavy atom. The van der Waals surface area contributed by atoms with Crippen molar-refractivity contribution < 1.29 is 22.3 Å². The Kier molecular flexibility index (Phi) is 6.09. The summed E-state index contributed by atoms with van der Waals surface area (Å²) < 4.78 is 62.5. The molecule has 1 aliphatic heterocycles. The van der Waals surface area contributed by atoms with Gasteiger partial charge in [-0.1, -0.05) is 62.2 Å². The Labute approximate surface area is 232 Å². The van der Waals surface area contributed by atoms with Gasteiger partial charge < -0.3 is 4.90 Å². The van der Waals surface area contributed by atoms with Gasteiger partial charge in [0.2, 0.25) is 0 Å². The molecule has 1 aliphatic rings. The van der Waals surface area contributed by atoms with E-state index in [1.54, 1.807) is 0 Å². The molecule has 190 valence electrons. The predicted molar refractivity (Wildman–Crippen MR) is 148 cm³/mol. The fourth-order valence-corrected chi connectivity index (χ4v) is 5.27. The average molecular weight is 643 g/mol. The number of hydrogen-bond donors (Lipinski definition) is 0. The van der Waals surface area contributed by atoms with E-state index in [0.29, 0.717) is 11.1 Å². The third-order valence-electron chi connectivity index (χ3n) is 6.49. The van der Waals surface area contributed by atoms with Gasteiger partial charge in [0, 0.05) is 25.7 Å². The number of anilines is 3. The van der Waals surface area contributed by atoms with Crippen molar-refractivity contribution in [3.05, 3.63) is 123 Å². The van der Waals surface area contributed by atoms with Crippen LogP contribution in [0, 0.1) is 0 Å². The summed E-state index contributed by atoms with van der Waals surface area (Å²) in [6.07, 6.45) is -8.14. The number of benzene rings is 5. The zero-order valence-corrected chi connectivity index (χ0v) is 22.6. The second kappa shape index (κ2) is 9.22. The molecule has 5 aromatic rings. The second-order valence-corrected chi connectivity index (χ2v) is 10.7. The number of hydrogen-bond acceptors (Lipinski definition) is 2. The van der Waals surface area contributed by atoms with Crippen LogP contribution in [-0.2, 0) is 17.0 Å². The lowest BCUT2D eigenvalue weighted by Gasteiger charge is -2.28. The van der Waals surface area contributed by atoms with Gasteiger partial charge in [0.05, 0.1) is 16.8 Å². The number of fused-ring (bicyclic) bond motifs is 2. The Hall–Kier alpha value is -3.20. The standard InChI is InChI=1S/C30H17Br2F4NO/c31-21-6-10-23(11-7-21)37(24-12-8-22(32)9-13-24)28-17-20(15-19-3-1-2-4-25(19)28)18-5-14-26-27(16-18)30(35,36)38-29(26,33)34/h1-17H. The molecule has 0 saturated carbocycles. The molecule has 1 heterocycles. The number of nitrogens with zero attached hydrogens (tertiary/aromatic N) is 1. The van der Waals surface area contributed by atoms with Crippen molar-refractivity contribution in [3.63, 3.8) is 0 Å². The van der Waals surface area contributed by atoms with E-state index in [-0.39, 0.29) is 0 Å². The smallest absolute Gasteiger partial charge is 0.310 e. The molecule has 0 spiro atoms. The normalized spacial score (nSPS) is 15.4.